The fourth-order valence-corrected chi connectivity index (χ4v) is 2.37. The molecule has 0 radical (unpaired) electrons. The highest BCUT2D eigenvalue weighted by Gasteiger charge is 2.22. The Kier molecular flexibility index (Phi) is 4.62. The molecule has 6 heteroatoms. The number of hydrogen-bond donors (Lipinski definition) is 2. The first-order valence-corrected chi connectivity index (χ1v) is 7.61. The van der Waals surface area contributed by atoms with Crippen LogP contribution in [0, 0.1) is 0 Å². The average Bonchev–Trinajstić information content (AvgIpc) is 2.47. The number of hydrogen-bond acceptors (Lipinski definition) is 6. The minimum Gasteiger partial charge on any atom is -0.368 e. The van der Waals surface area contributed by atoms with Gasteiger partial charge >= 0.3 is 0 Å². The largest absolute Gasteiger partial charge is 0.368 e. The Bertz CT molecular complexity index is 437. The van der Waals surface area contributed by atoms with E-state index in [0.29, 0.717) is 11.9 Å². The molecule has 1 aliphatic heterocycles. The van der Waals surface area contributed by atoms with E-state index in [1.54, 1.807) is 0 Å². The summed E-state index contributed by atoms with van der Waals surface area (Å²) in [7, 11) is 0. The first-order valence-electron chi connectivity index (χ1n) is 7.61. The zero-order valence-electron chi connectivity index (χ0n) is 12.8. The summed E-state index contributed by atoms with van der Waals surface area (Å²) in [5.41, 5.74) is 5.83. The molecule has 1 aromatic rings. The molecule has 112 valence electrons. The molecule has 0 saturated carbocycles. The van der Waals surface area contributed by atoms with E-state index in [2.05, 4.69) is 45.9 Å². The maximum atomic E-state index is 5.84. The summed E-state index contributed by atoms with van der Waals surface area (Å²) in [6.45, 7) is 8.50. The maximum Gasteiger partial charge on any atom is 0.231 e. The van der Waals surface area contributed by atoms with Crippen molar-refractivity contribution in [2.75, 3.05) is 29.0 Å². The number of nitrogens with two attached hydrogens (primary N) is 1. The van der Waals surface area contributed by atoms with Crippen molar-refractivity contribution < 1.29 is 0 Å². The third kappa shape index (κ3) is 3.49. The predicted molar refractivity (Wildman–Crippen MR) is 82.9 cm³/mol. The lowest BCUT2D eigenvalue weighted by atomic mass is 9.96. The van der Waals surface area contributed by atoms with E-state index in [1.165, 1.54) is 19.3 Å². The maximum absolute atomic E-state index is 5.84. The second kappa shape index (κ2) is 6.24. The monoisotopic (exact) mass is 278 g/mol. The van der Waals surface area contributed by atoms with Crippen molar-refractivity contribution in [2.45, 2.75) is 58.4 Å². The van der Waals surface area contributed by atoms with Crippen LogP contribution in [-0.4, -0.2) is 33.6 Å². The topological polar surface area (TPSA) is 80.0 Å². The molecule has 1 saturated heterocycles. The summed E-state index contributed by atoms with van der Waals surface area (Å²) in [4.78, 5) is 15.3. The molecule has 0 amide bonds. The summed E-state index contributed by atoms with van der Waals surface area (Å²) >= 11 is 0. The van der Waals surface area contributed by atoms with Crippen LogP contribution < -0.4 is 16.0 Å². The second-order valence-corrected chi connectivity index (χ2v) is 5.76. The molecule has 0 aliphatic carbocycles. The van der Waals surface area contributed by atoms with Crippen molar-refractivity contribution in [3.8, 4) is 0 Å². The molecule has 1 aliphatic rings. The van der Waals surface area contributed by atoms with E-state index in [1.807, 2.05) is 0 Å². The standard InChI is InChI=1S/C14H26N6/c1-4-14(3,5-2)19-12-16-11(15)17-13(18-12)20-9-7-6-8-10-20/h4-10H2,1-3H3,(H3,15,16,17,18,19). The van der Waals surface area contributed by atoms with E-state index in [9.17, 15) is 0 Å². The molecule has 0 atom stereocenters. The number of nitrogens with one attached hydrogen (secondary N) is 1. The summed E-state index contributed by atoms with van der Waals surface area (Å²) in [5.74, 6) is 1.58. The van der Waals surface area contributed by atoms with Crippen molar-refractivity contribution >= 4 is 17.8 Å². The van der Waals surface area contributed by atoms with Crippen molar-refractivity contribution in [2.24, 2.45) is 0 Å². The second-order valence-electron chi connectivity index (χ2n) is 5.76. The van der Waals surface area contributed by atoms with Crippen molar-refractivity contribution in [3.63, 3.8) is 0 Å². The van der Waals surface area contributed by atoms with Crippen LogP contribution in [-0.2, 0) is 0 Å². The molecule has 0 unspecified atom stereocenters. The van der Waals surface area contributed by atoms with Crippen LogP contribution in [0.3, 0.4) is 0 Å². The third-order valence-electron chi connectivity index (χ3n) is 4.25. The molecular formula is C14H26N6. The van der Waals surface area contributed by atoms with Gasteiger partial charge in [0.15, 0.2) is 0 Å². The van der Waals surface area contributed by atoms with Crippen LogP contribution in [0.25, 0.3) is 0 Å². The molecule has 0 bridgehead atoms. The quantitative estimate of drug-likeness (QED) is 0.861. The van der Waals surface area contributed by atoms with Crippen molar-refractivity contribution in [1.29, 1.82) is 0 Å². The Morgan fingerprint density at radius 3 is 2.35 bits per heavy atom. The van der Waals surface area contributed by atoms with Crippen LogP contribution in [0.5, 0.6) is 0 Å². The molecule has 0 aromatic carbocycles. The third-order valence-corrected chi connectivity index (χ3v) is 4.25. The molecule has 2 rings (SSSR count). The Morgan fingerprint density at radius 2 is 1.75 bits per heavy atom. The van der Waals surface area contributed by atoms with Gasteiger partial charge in [-0.2, -0.15) is 15.0 Å². The Labute approximate surface area is 121 Å². The van der Waals surface area contributed by atoms with Gasteiger partial charge in [0.1, 0.15) is 0 Å². The van der Waals surface area contributed by atoms with E-state index in [0.717, 1.165) is 25.9 Å². The molecule has 20 heavy (non-hydrogen) atoms. The number of aromatic nitrogens is 3. The van der Waals surface area contributed by atoms with Gasteiger partial charge in [0.05, 0.1) is 0 Å². The van der Waals surface area contributed by atoms with Gasteiger partial charge in [0.25, 0.3) is 0 Å². The first-order chi connectivity index (χ1) is 9.56. The summed E-state index contributed by atoms with van der Waals surface area (Å²) in [6, 6.07) is 0. The summed E-state index contributed by atoms with van der Waals surface area (Å²) in [5, 5.41) is 3.41. The van der Waals surface area contributed by atoms with E-state index < -0.39 is 0 Å². The van der Waals surface area contributed by atoms with Crippen LogP contribution in [0.2, 0.25) is 0 Å². The lowest BCUT2D eigenvalue weighted by Gasteiger charge is -2.30. The predicted octanol–water partition coefficient (Wildman–Crippen LogP) is 2.43. The Morgan fingerprint density at radius 1 is 1.10 bits per heavy atom. The van der Waals surface area contributed by atoms with Gasteiger partial charge in [-0.3, -0.25) is 0 Å². The molecule has 6 nitrogen and oxygen atoms in total. The lowest BCUT2D eigenvalue weighted by molar-refractivity contribution is 0.474. The lowest BCUT2D eigenvalue weighted by Crippen LogP contribution is -2.35. The minimum absolute atomic E-state index is 0.00698. The van der Waals surface area contributed by atoms with Gasteiger partial charge < -0.3 is 16.0 Å². The van der Waals surface area contributed by atoms with Gasteiger partial charge in [0, 0.05) is 18.6 Å². The fraction of sp³-hybridized carbons (Fsp3) is 0.786. The van der Waals surface area contributed by atoms with Gasteiger partial charge in [-0.25, -0.2) is 0 Å². The first kappa shape index (κ1) is 14.8. The number of nitrogens with zero attached hydrogens (tertiary/aromatic N) is 4. The number of rotatable bonds is 5. The molecule has 0 spiro atoms. The molecule has 1 fully saturated rings. The average molecular weight is 278 g/mol. The highest BCUT2D eigenvalue weighted by atomic mass is 15.3. The highest BCUT2D eigenvalue weighted by Crippen LogP contribution is 2.22. The van der Waals surface area contributed by atoms with Crippen molar-refractivity contribution in [3.05, 3.63) is 0 Å². The number of anilines is 3. The van der Waals surface area contributed by atoms with Crippen LogP contribution >= 0.6 is 0 Å². The zero-order valence-corrected chi connectivity index (χ0v) is 12.8. The van der Waals surface area contributed by atoms with E-state index in [-0.39, 0.29) is 11.5 Å². The number of nitrogen functional groups attached to an aromatic ring is 1. The summed E-state index contributed by atoms with van der Waals surface area (Å²) in [6.07, 6.45) is 5.68. The molecule has 2 heterocycles. The van der Waals surface area contributed by atoms with Gasteiger partial charge in [0.2, 0.25) is 17.8 Å². The molecular weight excluding hydrogens is 252 g/mol. The number of piperidine rings is 1. The summed E-state index contributed by atoms with van der Waals surface area (Å²) < 4.78 is 0. The Hall–Kier alpha value is -1.59. The van der Waals surface area contributed by atoms with Crippen LogP contribution in [0.15, 0.2) is 0 Å². The van der Waals surface area contributed by atoms with Gasteiger partial charge in [-0.1, -0.05) is 13.8 Å². The van der Waals surface area contributed by atoms with E-state index in [4.69, 9.17) is 5.73 Å². The minimum atomic E-state index is -0.00698. The zero-order chi connectivity index (χ0) is 14.6. The van der Waals surface area contributed by atoms with E-state index >= 15 is 0 Å². The van der Waals surface area contributed by atoms with Crippen LogP contribution in [0.4, 0.5) is 17.8 Å². The van der Waals surface area contributed by atoms with Crippen molar-refractivity contribution in [1.82, 2.24) is 15.0 Å². The van der Waals surface area contributed by atoms with Gasteiger partial charge in [-0.05, 0) is 39.0 Å². The van der Waals surface area contributed by atoms with Crippen LogP contribution in [0.1, 0.15) is 52.9 Å². The SMILES string of the molecule is CCC(C)(CC)Nc1nc(N)nc(N2CCCCC2)n1. The van der Waals surface area contributed by atoms with Gasteiger partial charge in [-0.15, -0.1) is 0 Å². The Balaban J connectivity index is 2.19. The normalized spacial score (nSPS) is 16.2. The smallest absolute Gasteiger partial charge is 0.231 e. The fourth-order valence-electron chi connectivity index (χ4n) is 2.37. The highest BCUT2D eigenvalue weighted by molar-refractivity contribution is 5.43. The molecule has 3 N–H and O–H groups in total. The molecule has 1 aromatic heterocycles.